The summed E-state index contributed by atoms with van der Waals surface area (Å²) in [5.41, 5.74) is 5.18. The first-order valence-corrected chi connectivity index (χ1v) is 6.82. The number of carbonyl (C=O) groups is 1. The number of aryl methyl sites for hydroxylation is 3. The van der Waals surface area contributed by atoms with Gasteiger partial charge in [0.05, 0.1) is 0 Å². The van der Waals surface area contributed by atoms with Crippen molar-refractivity contribution in [2.24, 2.45) is 0 Å². The van der Waals surface area contributed by atoms with Crippen molar-refractivity contribution in [3.63, 3.8) is 0 Å². The number of carbonyl (C=O) groups excluding carboxylic acids is 1. The summed E-state index contributed by atoms with van der Waals surface area (Å²) in [6, 6.07) is 13.9. The predicted molar refractivity (Wildman–Crippen MR) is 79.8 cm³/mol. The van der Waals surface area contributed by atoms with Crippen LogP contribution in [0, 0.1) is 13.8 Å². The lowest BCUT2D eigenvalue weighted by atomic mass is 9.97. The van der Waals surface area contributed by atoms with Crippen LogP contribution in [0.4, 0.5) is 0 Å². The van der Waals surface area contributed by atoms with Crippen molar-refractivity contribution in [3.05, 3.63) is 70.3 Å². The molecule has 19 heavy (non-hydrogen) atoms. The monoisotopic (exact) mass is 252 g/mol. The topological polar surface area (TPSA) is 17.1 Å². The maximum atomic E-state index is 12.5. The van der Waals surface area contributed by atoms with Gasteiger partial charge in [0.1, 0.15) is 0 Å². The summed E-state index contributed by atoms with van der Waals surface area (Å²) in [7, 11) is 0. The molecule has 0 saturated heterocycles. The van der Waals surface area contributed by atoms with Gasteiger partial charge in [0, 0.05) is 11.1 Å². The lowest BCUT2D eigenvalue weighted by Crippen LogP contribution is -2.03. The average Bonchev–Trinajstić information content (AvgIpc) is 2.42. The Balaban J connectivity index is 2.32. The summed E-state index contributed by atoms with van der Waals surface area (Å²) >= 11 is 0. The van der Waals surface area contributed by atoms with E-state index in [-0.39, 0.29) is 5.78 Å². The second-order valence-electron chi connectivity index (χ2n) is 5.08. The molecule has 0 N–H and O–H groups in total. The van der Waals surface area contributed by atoms with Crippen LogP contribution in [-0.2, 0) is 6.42 Å². The normalized spacial score (nSPS) is 10.5. The summed E-state index contributed by atoms with van der Waals surface area (Å²) < 4.78 is 0. The van der Waals surface area contributed by atoms with Crippen LogP contribution in [0.3, 0.4) is 0 Å². The molecule has 0 fully saturated rings. The predicted octanol–water partition coefficient (Wildman–Crippen LogP) is 4.49. The van der Waals surface area contributed by atoms with E-state index in [1.807, 2.05) is 43.3 Å². The lowest BCUT2D eigenvalue weighted by molar-refractivity contribution is 0.103. The standard InChI is InChI=1S/C18H20O/c1-4-6-15-7-5-8-16(12-15)18(19)17-10-9-13(2)14(3)11-17/h5,7-12H,4,6H2,1-3H3. The van der Waals surface area contributed by atoms with Gasteiger partial charge in [-0.25, -0.2) is 0 Å². The van der Waals surface area contributed by atoms with Crippen LogP contribution < -0.4 is 0 Å². The van der Waals surface area contributed by atoms with Gasteiger partial charge in [0.25, 0.3) is 0 Å². The van der Waals surface area contributed by atoms with E-state index in [0.717, 1.165) is 29.5 Å². The number of benzene rings is 2. The Bertz CT molecular complexity index is 596. The summed E-state index contributed by atoms with van der Waals surface area (Å²) in [5, 5.41) is 0. The molecule has 0 bridgehead atoms. The number of ketones is 1. The quantitative estimate of drug-likeness (QED) is 0.733. The minimum atomic E-state index is 0.112. The minimum absolute atomic E-state index is 0.112. The van der Waals surface area contributed by atoms with Gasteiger partial charge in [0.2, 0.25) is 0 Å². The van der Waals surface area contributed by atoms with Gasteiger partial charge in [-0.15, -0.1) is 0 Å². The molecule has 1 heteroatoms. The van der Waals surface area contributed by atoms with Crippen LogP contribution in [-0.4, -0.2) is 5.78 Å². The molecular weight excluding hydrogens is 232 g/mol. The summed E-state index contributed by atoms with van der Waals surface area (Å²) in [4.78, 5) is 12.5. The van der Waals surface area contributed by atoms with E-state index in [9.17, 15) is 4.79 Å². The molecule has 98 valence electrons. The highest BCUT2D eigenvalue weighted by Gasteiger charge is 2.10. The van der Waals surface area contributed by atoms with E-state index >= 15 is 0 Å². The Morgan fingerprint density at radius 1 is 0.947 bits per heavy atom. The zero-order valence-electron chi connectivity index (χ0n) is 11.9. The van der Waals surface area contributed by atoms with Gasteiger partial charge in [-0.2, -0.15) is 0 Å². The largest absolute Gasteiger partial charge is 0.289 e. The van der Waals surface area contributed by atoms with Gasteiger partial charge in [0.15, 0.2) is 5.78 Å². The van der Waals surface area contributed by atoms with Crippen molar-refractivity contribution < 1.29 is 4.79 Å². The molecular formula is C18H20O. The zero-order valence-corrected chi connectivity index (χ0v) is 11.9. The van der Waals surface area contributed by atoms with Crippen molar-refractivity contribution in [3.8, 4) is 0 Å². The van der Waals surface area contributed by atoms with E-state index < -0.39 is 0 Å². The smallest absolute Gasteiger partial charge is 0.193 e. The number of rotatable bonds is 4. The van der Waals surface area contributed by atoms with Crippen LogP contribution >= 0.6 is 0 Å². The molecule has 2 aromatic carbocycles. The molecule has 2 rings (SSSR count). The fraction of sp³-hybridized carbons (Fsp3) is 0.278. The van der Waals surface area contributed by atoms with Gasteiger partial charge in [-0.05, 0) is 49.1 Å². The van der Waals surface area contributed by atoms with Crippen LogP contribution in [0.5, 0.6) is 0 Å². The molecule has 0 aliphatic rings. The number of hydrogen-bond donors (Lipinski definition) is 0. The van der Waals surface area contributed by atoms with E-state index in [4.69, 9.17) is 0 Å². The molecule has 0 aromatic heterocycles. The molecule has 0 heterocycles. The molecule has 1 nitrogen and oxygen atoms in total. The van der Waals surface area contributed by atoms with Gasteiger partial charge >= 0.3 is 0 Å². The molecule has 0 saturated carbocycles. The third kappa shape index (κ3) is 3.11. The minimum Gasteiger partial charge on any atom is -0.289 e. The van der Waals surface area contributed by atoms with Gasteiger partial charge < -0.3 is 0 Å². The maximum Gasteiger partial charge on any atom is 0.193 e. The highest BCUT2D eigenvalue weighted by molar-refractivity contribution is 6.09. The van der Waals surface area contributed by atoms with Gasteiger partial charge in [-0.3, -0.25) is 4.79 Å². The van der Waals surface area contributed by atoms with E-state index in [1.165, 1.54) is 11.1 Å². The summed E-state index contributed by atoms with van der Waals surface area (Å²) in [6.45, 7) is 6.25. The molecule has 0 atom stereocenters. The third-order valence-corrected chi connectivity index (χ3v) is 3.50. The first kappa shape index (κ1) is 13.5. The second-order valence-corrected chi connectivity index (χ2v) is 5.08. The zero-order chi connectivity index (χ0) is 13.8. The highest BCUT2D eigenvalue weighted by atomic mass is 16.1. The molecule has 0 aliphatic heterocycles. The molecule has 2 aromatic rings. The van der Waals surface area contributed by atoms with E-state index in [0.29, 0.717) is 0 Å². The second kappa shape index (κ2) is 5.83. The van der Waals surface area contributed by atoms with Crippen molar-refractivity contribution in [1.82, 2.24) is 0 Å². The van der Waals surface area contributed by atoms with Crippen LogP contribution in [0.25, 0.3) is 0 Å². The fourth-order valence-electron chi connectivity index (χ4n) is 2.21. The molecule has 0 aliphatic carbocycles. The van der Waals surface area contributed by atoms with Crippen molar-refractivity contribution >= 4 is 5.78 Å². The Morgan fingerprint density at radius 3 is 2.37 bits per heavy atom. The average molecular weight is 252 g/mol. The highest BCUT2D eigenvalue weighted by Crippen LogP contribution is 2.16. The van der Waals surface area contributed by atoms with E-state index in [1.54, 1.807) is 0 Å². The van der Waals surface area contributed by atoms with Crippen molar-refractivity contribution in [1.29, 1.82) is 0 Å². The van der Waals surface area contributed by atoms with E-state index in [2.05, 4.69) is 19.9 Å². The Hall–Kier alpha value is -1.89. The first-order valence-electron chi connectivity index (χ1n) is 6.82. The Kier molecular flexibility index (Phi) is 4.16. The first-order chi connectivity index (χ1) is 9.11. The molecule has 0 unspecified atom stereocenters. The van der Waals surface area contributed by atoms with Crippen molar-refractivity contribution in [2.75, 3.05) is 0 Å². The van der Waals surface area contributed by atoms with Crippen LogP contribution in [0.1, 0.15) is 46.0 Å². The molecule has 0 spiro atoms. The molecule has 0 amide bonds. The third-order valence-electron chi connectivity index (χ3n) is 3.50. The maximum absolute atomic E-state index is 12.5. The SMILES string of the molecule is CCCc1cccc(C(=O)c2ccc(C)c(C)c2)c1. The van der Waals surface area contributed by atoms with Crippen LogP contribution in [0.15, 0.2) is 42.5 Å². The Labute approximate surface area is 115 Å². The lowest BCUT2D eigenvalue weighted by Gasteiger charge is -2.06. The molecule has 0 radical (unpaired) electrons. The fourth-order valence-corrected chi connectivity index (χ4v) is 2.21. The van der Waals surface area contributed by atoms with Crippen LogP contribution in [0.2, 0.25) is 0 Å². The Morgan fingerprint density at radius 2 is 1.68 bits per heavy atom. The number of hydrogen-bond acceptors (Lipinski definition) is 1. The van der Waals surface area contributed by atoms with Gasteiger partial charge in [-0.1, -0.05) is 43.7 Å². The summed E-state index contributed by atoms with van der Waals surface area (Å²) in [6.07, 6.45) is 2.12. The van der Waals surface area contributed by atoms with Crippen molar-refractivity contribution in [2.45, 2.75) is 33.6 Å². The summed E-state index contributed by atoms with van der Waals surface area (Å²) in [5.74, 6) is 0.112.